The summed E-state index contributed by atoms with van der Waals surface area (Å²) in [5, 5.41) is 8.49. The minimum absolute atomic E-state index is 0.278. The number of anilines is 2. The van der Waals surface area contributed by atoms with Crippen molar-refractivity contribution in [2.24, 2.45) is 5.92 Å². The number of carbonyl (C=O) groups excluding carboxylic acids is 2. The summed E-state index contributed by atoms with van der Waals surface area (Å²) in [6, 6.07) is 13.0. The summed E-state index contributed by atoms with van der Waals surface area (Å²) in [6.07, 6.45) is 1.54. The Hall–Kier alpha value is -3.65. The molecule has 0 bridgehead atoms. The summed E-state index contributed by atoms with van der Waals surface area (Å²) >= 11 is 6.33. The van der Waals surface area contributed by atoms with Gasteiger partial charge in [0.05, 0.1) is 31.5 Å². The minimum Gasteiger partial charge on any atom is -0.493 e. The van der Waals surface area contributed by atoms with Crippen molar-refractivity contribution in [3.8, 4) is 11.5 Å². The summed E-state index contributed by atoms with van der Waals surface area (Å²) in [5.74, 6) is 1.40. The number of furan rings is 1. The van der Waals surface area contributed by atoms with Gasteiger partial charge in [-0.05, 0) is 54.4 Å². The molecule has 3 rings (SSSR count). The van der Waals surface area contributed by atoms with Crippen molar-refractivity contribution in [1.29, 1.82) is 0 Å². The first-order valence-corrected chi connectivity index (χ1v) is 10.7. The van der Waals surface area contributed by atoms with Crippen molar-refractivity contribution >= 4 is 34.9 Å². The standard InChI is InChI=1S/C24H26ClN3O5/c1-15(2)14-33-22-20(25)11-16(12-21(22)31-3)23(29)27-17-6-8-18(9-7-17)28-24(30)26-13-19-5-4-10-32-19/h4-12,15H,13-14H2,1-3H3,(H,27,29)(H2,26,28,30). The largest absolute Gasteiger partial charge is 0.493 e. The maximum atomic E-state index is 12.7. The highest BCUT2D eigenvalue weighted by molar-refractivity contribution is 6.32. The van der Waals surface area contributed by atoms with Crippen LogP contribution < -0.4 is 25.4 Å². The Kier molecular flexibility index (Phi) is 8.21. The Bertz CT molecular complexity index is 1080. The van der Waals surface area contributed by atoms with Crippen molar-refractivity contribution in [3.05, 3.63) is 71.1 Å². The molecule has 9 heteroatoms. The summed E-state index contributed by atoms with van der Waals surface area (Å²) in [6.45, 7) is 4.80. The molecule has 0 saturated heterocycles. The fourth-order valence-electron chi connectivity index (χ4n) is 2.84. The van der Waals surface area contributed by atoms with Crippen LogP contribution >= 0.6 is 11.6 Å². The zero-order chi connectivity index (χ0) is 23.8. The van der Waals surface area contributed by atoms with E-state index in [9.17, 15) is 9.59 Å². The lowest BCUT2D eigenvalue weighted by Crippen LogP contribution is -2.27. The molecule has 33 heavy (non-hydrogen) atoms. The number of nitrogens with one attached hydrogen (secondary N) is 3. The van der Waals surface area contributed by atoms with Gasteiger partial charge in [-0.1, -0.05) is 25.4 Å². The van der Waals surface area contributed by atoms with Crippen LogP contribution in [0.4, 0.5) is 16.2 Å². The van der Waals surface area contributed by atoms with E-state index in [2.05, 4.69) is 16.0 Å². The van der Waals surface area contributed by atoms with Gasteiger partial charge in [-0.25, -0.2) is 4.79 Å². The molecule has 3 amide bonds. The van der Waals surface area contributed by atoms with Crippen molar-refractivity contribution in [2.75, 3.05) is 24.4 Å². The molecule has 0 fully saturated rings. The predicted molar refractivity (Wildman–Crippen MR) is 127 cm³/mol. The van der Waals surface area contributed by atoms with Gasteiger partial charge in [0, 0.05) is 16.9 Å². The fourth-order valence-corrected chi connectivity index (χ4v) is 3.10. The molecule has 1 aromatic heterocycles. The number of amides is 3. The van der Waals surface area contributed by atoms with E-state index in [-0.39, 0.29) is 18.5 Å². The topological polar surface area (TPSA) is 102 Å². The van der Waals surface area contributed by atoms with Gasteiger partial charge in [-0.3, -0.25) is 4.79 Å². The maximum absolute atomic E-state index is 12.7. The van der Waals surface area contributed by atoms with Gasteiger partial charge in [0.2, 0.25) is 0 Å². The van der Waals surface area contributed by atoms with Gasteiger partial charge in [0.25, 0.3) is 5.91 Å². The molecule has 174 valence electrons. The van der Waals surface area contributed by atoms with E-state index in [1.54, 1.807) is 48.7 Å². The van der Waals surface area contributed by atoms with Gasteiger partial charge in [0.1, 0.15) is 5.76 Å². The number of ether oxygens (including phenoxy) is 2. The van der Waals surface area contributed by atoms with Crippen LogP contribution in [0.1, 0.15) is 30.0 Å². The van der Waals surface area contributed by atoms with Crippen molar-refractivity contribution in [1.82, 2.24) is 5.32 Å². The molecule has 1 heterocycles. The number of urea groups is 1. The van der Waals surface area contributed by atoms with Gasteiger partial charge < -0.3 is 29.8 Å². The van der Waals surface area contributed by atoms with Crippen molar-refractivity contribution in [2.45, 2.75) is 20.4 Å². The second-order valence-corrected chi connectivity index (χ2v) is 8.02. The Labute approximate surface area is 197 Å². The van der Waals surface area contributed by atoms with Crippen LogP contribution in [0.2, 0.25) is 5.02 Å². The van der Waals surface area contributed by atoms with E-state index in [0.29, 0.717) is 51.7 Å². The Morgan fingerprint density at radius 1 is 1.06 bits per heavy atom. The second-order valence-electron chi connectivity index (χ2n) is 7.61. The molecule has 8 nitrogen and oxygen atoms in total. The van der Waals surface area contributed by atoms with Gasteiger partial charge in [-0.15, -0.1) is 0 Å². The lowest BCUT2D eigenvalue weighted by Gasteiger charge is -2.15. The quantitative estimate of drug-likeness (QED) is 0.379. The Balaban J connectivity index is 1.59. The highest BCUT2D eigenvalue weighted by Crippen LogP contribution is 2.37. The number of benzene rings is 2. The molecule has 3 N–H and O–H groups in total. The average Bonchev–Trinajstić information content (AvgIpc) is 3.31. The van der Waals surface area contributed by atoms with E-state index in [1.807, 2.05) is 13.8 Å². The lowest BCUT2D eigenvalue weighted by molar-refractivity contribution is 0.102. The zero-order valence-electron chi connectivity index (χ0n) is 18.6. The molecular formula is C24H26ClN3O5. The molecule has 0 spiro atoms. The number of halogens is 1. The third kappa shape index (κ3) is 6.92. The number of methoxy groups -OCH3 is 1. The highest BCUT2D eigenvalue weighted by atomic mass is 35.5. The first-order valence-electron chi connectivity index (χ1n) is 10.3. The lowest BCUT2D eigenvalue weighted by atomic mass is 10.1. The zero-order valence-corrected chi connectivity index (χ0v) is 19.4. The first kappa shape index (κ1) is 24.0. The van der Waals surface area contributed by atoms with Crippen LogP contribution in [0.25, 0.3) is 0 Å². The van der Waals surface area contributed by atoms with Crippen LogP contribution in [0.3, 0.4) is 0 Å². The van der Waals surface area contributed by atoms with Crippen molar-refractivity contribution in [3.63, 3.8) is 0 Å². The molecule has 0 aliphatic rings. The number of carbonyl (C=O) groups is 2. The van der Waals surface area contributed by atoms with Gasteiger partial charge in [0.15, 0.2) is 11.5 Å². The smallest absolute Gasteiger partial charge is 0.319 e. The van der Waals surface area contributed by atoms with Gasteiger partial charge >= 0.3 is 6.03 Å². The Morgan fingerprint density at radius 2 is 1.76 bits per heavy atom. The summed E-state index contributed by atoms with van der Waals surface area (Å²) < 4.78 is 16.2. The summed E-state index contributed by atoms with van der Waals surface area (Å²) in [7, 11) is 1.49. The molecule has 0 atom stereocenters. The molecule has 0 aliphatic heterocycles. The second kappa shape index (κ2) is 11.3. The minimum atomic E-state index is -0.371. The summed E-state index contributed by atoms with van der Waals surface area (Å²) in [5.41, 5.74) is 1.45. The SMILES string of the molecule is COc1cc(C(=O)Nc2ccc(NC(=O)NCc3ccco3)cc2)cc(Cl)c1OCC(C)C. The molecule has 3 aromatic rings. The first-order chi connectivity index (χ1) is 15.9. The van der Waals surface area contributed by atoms with E-state index >= 15 is 0 Å². The third-order valence-corrected chi connectivity index (χ3v) is 4.74. The molecule has 0 unspecified atom stereocenters. The van der Waals surface area contributed by atoms with Crippen molar-refractivity contribution < 1.29 is 23.5 Å². The third-order valence-electron chi connectivity index (χ3n) is 4.46. The van der Waals surface area contributed by atoms with E-state index in [4.69, 9.17) is 25.5 Å². The summed E-state index contributed by atoms with van der Waals surface area (Å²) in [4.78, 5) is 24.7. The molecular weight excluding hydrogens is 446 g/mol. The molecule has 0 radical (unpaired) electrons. The van der Waals surface area contributed by atoms with E-state index in [1.165, 1.54) is 13.2 Å². The fraction of sp³-hybridized carbons (Fsp3) is 0.250. The van der Waals surface area contributed by atoms with E-state index in [0.717, 1.165) is 0 Å². The van der Waals surface area contributed by atoms with E-state index < -0.39 is 0 Å². The monoisotopic (exact) mass is 471 g/mol. The predicted octanol–water partition coefficient (Wildman–Crippen LogP) is 5.55. The van der Waals surface area contributed by atoms with Gasteiger partial charge in [-0.2, -0.15) is 0 Å². The highest BCUT2D eigenvalue weighted by Gasteiger charge is 2.17. The number of rotatable bonds is 9. The normalized spacial score (nSPS) is 10.6. The molecule has 0 aliphatic carbocycles. The number of hydrogen-bond acceptors (Lipinski definition) is 5. The van der Waals surface area contributed by atoms with Crippen LogP contribution in [0.15, 0.2) is 59.2 Å². The van der Waals surface area contributed by atoms with Crippen LogP contribution in [-0.4, -0.2) is 25.7 Å². The molecule has 0 saturated carbocycles. The number of hydrogen-bond donors (Lipinski definition) is 3. The van der Waals surface area contributed by atoms with Crippen LogP contribution in [0.5, 0.6) is 11.5 Å². The molecule has 2 aromatic carbocycles. The van der Waals surface area contributed by atoms with Crippen LogP contribution in [-0.2, 0) is 6.54 Å². The maximum Gasteiger partial charge on any atom is 0.319 e. The van der Waals surface area contributed by atoms with Crippen LogP contribution in [0, 0.1) is 5.92 Å². The Morgan fingerprint density at radius 3 is 2.36 bits per heavy atom. The average molecular weight is 472 g/mol.